The van der Waals surface area contributed by atoms with Crippen molar-refractivity contribution < 1.29 is 4.42 Å². The predicted molar refractivity (Wildman–Crippen MR) is 57.6 cm³/mol. The van der Waals surface area contributed by atoms with Crippen LogP contribution < -0.4 is 11.4 Å². The topological polar surface area (TPSA) is 56.2 Å². The van der Waals surface area contributed by atoms with Gasteiger partial charge >= 0.3 is 5.63 Å². The highest BCUT2D eigenvalue weighted by atomic mass is 35.5. The maximum atomic E-state index is 11.2. The van der Waals surface area contributed by atoms with Gasteiger partial charge in [0.05, 0.1) is 5.56 Å². The molecule has 0 bridgehead atoms. The largest absolute Gasteiger partial charge is 0.422 e. The molecule has 1 aromatic heterocycles. The Bertz CT molecular complexity index is 493. The van der Waals surface area contributed by atoms with Gasteiger partial charge in [-0.1, -0.05) is 18.2 Å². The minimum absolute atomic E-state index is 0. The number of rotatable bonds is 1. The molecule has 0 aliphatic rings. The highest BCUT2D eigenvalue weighted by Crippen LogP contribution is 2.11. The maximum Gasteiger partial charge on any atom is 0.340 e. The van der Waals surface area contributed by atoms with Crippen LogP contribution in [-0.4, -0.2) is 0 Å². The van der Waals surface area contributed by atoms with Gasteiger partial charge in [-0.2, -0.15) is 0 Å². The van der Waals surface area contributed by atoms with Crippen LogP contribution in [0.1, 0.15) is 5.56 Å². The van der Waals surface area contributed by atoms with Crippen LogP contribution in [0.15, 0.2) is 39.5 Å². The molecule has 1 heterocycles. The van der Waals surface area contributed by atoms with E-state index < -0.39 is 0 Å². The Morgan fingerprint density at radius 1 is 1.29 bits per heavy atom. The zero-order valence-electron chi connectivity index (χ0n) is 7.40. The summed E-state index contributed by atoms with van der Waals surface area (Å²) in [4.78, 5) is 11.2. The van der Waals surface area contributed by atoms with E-state index in [0.29, 0.717) is 11.1 Å². The van der Waals surface area contributed by atoms with Crippen LogP contribution in [0.3, 0.4) is 0 Å². The van der Waals surface area contributed by atoms with Crippen LogP contribution in [0.25, 0.3) is 11.0 Å². The molecule has 0 fully saturated rings. The molecule has 1 aromatic carbocycles. The van der Waals surface area contributed by atoms with Crippen molar-refractivity contribution in [3.63, 3.8) is 0 Å². The summed E-state index contributed by atoms with van der Waals surface area (Å²) in [6, 6.07) is 9.13. The summed E-state index contributed by atoms with van der Waals surface area (Å²) in [6.07, 6.45) is 0. The molecule has 0 spiro atoms. The summed E-state index contributed by atoms with van der Waals surface area (Å²) in [7, 11) is 0. The average Bonchev–Trinajstić information content (AvgIpc) is 2.17. The molecule has 74 valence electrons. The first-order chi connectivity index (χ1) is 6.31. The molecule has 4 heteroatoms. The van der Waals surface area contributed by atoms with Gasteiger partial charge < -0.3 is 10.2 Å². The molecule has 0 atom stereocenters. The first-order valence-electron chi connectivity index (χ1n) is 4.03. The van der Waals surface area contributed by atoms with Crippen LogP contribution in [0.5, 0.6) is 0 Å². The number of para-hydroxylation sites is 1. The third-order valence-corrected chi connectivity index (χ3v) is 1.93. The standard InChI is InChI=1S/C10H9NO2.ClH/c11-6-8-5-7-3-1-2-4-9(7)13-10(8)12;/h1-5H,6,11H2;1H. The van der Waals surface area contributed by atoms with Crippen LogP contribution in [-0.2, 0) is 6.54 Å². The minimum atomic E-state index is -0.346. The molecule has 3 nitrogen and oxygen atoms in total. The van der Waals surface area contributed by atoms with Gasteiger partial charge in [-0.25, -0.2) is 4.79 Å². The molecule has 2 aromatic rings. The first-order valence-corrected chi connectivity index (χ1v) is 4.03. The van der Waals surface area contributed by atoms with Crippen molar-refractivity contribution >= 4 is 23.4 Å². The van der Waals surface area contributed by atoms with Gasteiger partial charge in [0, 0.05) is 11.9 Å². The van der Waals surface area contributed by atoms with Crippen molar-refractivity contribution in [3.8, 4) is 0 Å². The predicted octanol–water partition coefficient (Wildman–Crippen LogP) is 1.67. The third-order valence-electron chi connectivity index (χ3n) is 1.93. The fourth-order valence-corrected chi connectivity index (χ4v) is 1.25. The molecule has 0 aliphatic heterocycles. The first kappa shape index (κ1) is 10.8. The van der Waals surface area contributed by atoms with Gasteiger partial charge in [-0.15, -0.1) is 12.4 Å². The molecule has 2 N–H and O–H groups in total. The van der Waals surface area contributed by atoms with Crippen LogP contribution >= 0.6 is 12.4 Å². The van der Waals surface area contributed by atoms with Gasteiger partial charge in [0.2, 0.25) is 0 Å². The molecule has 0 unspecified atom stereocenters. The summed E-state index contributed by atoms with van der Waals surface area (Å²) in [5, 5.41) is 0.905. The molecular weight excluding hydrogens is 202 g/mol. The van der Waals surface area contributed by atoms with Gasteiger partial charge in [0.25, 0.3) is 0 Å². The van der Waals surface area contributed by atoms with E-state index in [1.54, 1.807) is 12.1 Å². The van der Waals surface area contributed by atoms with Crippen LogP contribution in [0.2, 0.25) is 0 Å². The van der Waals surface area contributed by atoms with Crippen molar-refractivity contribution in [2.24, 2.45) is 5.73 Å². The van der Waals surface area contributed by atoms with E-state index in [4.69, 9.17) is 10.2 Å². The van der Waals surface area contributed by atoms with Crippen LogP contribution in [0.4, 0.5) is 0 Å². The van der Waals surface area contributed by atoms with E-state index in [9.17, 15) is 4.79 Å². The minimum Gasteiger partial charge on any atom is -0.422 e. The molecule has 0 aliphatic carbocycles. The Balaban J connectivity index is 0.000000980. The van der Waals surface area contributed by atoms with E-state index in [0.717, 1.165) is 5.39 Å². The van der Waals surface area contributed by atoms with Crippen molar-refractivity contribution in [2.75, 3.05) is 0 Å². The molecule has 0 amide bonds. The van der Waals surface area contributed by atoms with E-state index in [-0.39, 0.29) is 24.6 Å². The van der Waals surface area contributed by atoms with Gasteiger partial charge in [0.1, 0.15) is 5.58 Å². The Morgan fingerprint density at radius 3 is 2.71 bits per heavy atom. The second kappa shape index (κ2) is 4.26. The SMILES string of the molecule is Cl.NCc1cc2ccccc2oc1=O. The number of fused-ring (bicyclic) bond motifs is 1. The van der Waals surface area contributed by atoms with Gasteiger partial charge in [-0.3, -0.25) is 0 Å². The van der Waals surface area contributed by atoms with Crippen LogP contribution in [0, 0.1) is 0 Å². The Morgan fingerprint density at radius 2 is 2.00 bits per heavy atom. The lowest BCUT2D eigenvalue weighted by Gasteiger charge is -1.97. The second-order valence-corrected chi connectivity index (χ2v) is 2.80. The van der Waals surface area contributed by atoms with Gasteiger partial charge in [0.15, 0.2) is 0 Å². The molecule has 0 radical (unpaired) electrons. The summed E-state index contributed by atoms with van der Waals surface area (Å²) in [5.41, 5.74) is 6.15. The normalized spacial score (nSPS) is 9.79. The summed E-state index contributed by atoms with van der Waals surface area (Å²) in [5.74, 6) is 0. The molecular formula is C10H10ClNO2. The lowest BCUT2D eigenvalue weighted by Crippen LogP contribution is -2.11. The van der Waals surface area contributed by atoms with Crippen molar-refractivity contribution in [2.45, 2.75) is 6.54 Å². The zero-order chi connectivity index (χ0) is 9.26. The quantitative estimate of drug-likeness (QED) is 0.731. The van der Waals surface area contributed by atoms with E-state index in [2.05, 4.69) is 0 Å². The molecule has 2 rings (SSSR count). The molecule has 0 saturated heterocycles. The van der Waals surface area contributed by atoms with Crippen molar-refractivity contribution in [1.82, 2.24) is 0 Å². The number of halogens is 1. The van der Waals surface area contributed by atoms with E-state index >= 15 is 0 Å². The summed E-state index contributed by atoms with van der Waals surface area (Å²) in [6.45, 7) is 0.215. The Labute approximate surface area is 86.9 Å². The number of hydrogen-bond acceptors (Lipinski definition) is 3. The molecule has 0 saturated carbocycles. The Kier molecular flexibility index (Phi) is 3.28. The smallest absolute Gasteiger partial charge is 0.340 e. The second-order valence-electron chi connectivity index (χ2n) is 2.80. The highest BCUT2D eigenvalue weighted by molar-refractivity contribution is 5.85. The summed E-state index contributed by atoms with van der Waals surface area (Å²) < 4.78 is 5.05. The fraction of sp³-hybridized carbons (Fsp3) is 0.100. The lowest BCUT2D eigenvalue weighted by atomic mass is 10.2. The maximum absolute atomic E-state index is 11.2. The van der Waals surface area contributed by atoms with Crippen molar-refractivity contribution in [1.29, 1.82) is 0 Å². The average molecular weight is 212 g/mol. The van der Waals surface area contributed by atoms with Crippen molar-refractivity contribution in [3.05, 3.63) is 46.3 Å². The highest BCUT2D eigenvalue weighted by Gasteiger charge is 2.01. The number of benzene rings is 1. The fourth-order valence-electron chi connectivity index (χ4n) is 1.25. The van der Waals surface area contributed by atoms with E-state index in [1.807, 2.05) is 18.2 Å². The summed E-state index contributed by atoms with van der Waals surface area (Å²) >= 11 is 0. The number of hydrogen-bond donors (Lipinski definition) is 1. The third kappa shape index (κ3) is 1.78. The molecule has 14 heavy (non-hydrogen) atoms. The Hall–Kier alpha value is -1.32. The zero-order valence-corrected chi connectivity index (χ0v) is 8.21. The van der Waals surface area contributed by atoms with Gasteiger partial charge in [-0.05, 0) is 12.1 Å². The monoisotopic (exact) mass is 211 g/mol. The number of nitrogens with two attached hydrogens (primary N) is 1. The lowest BCUT2D eigenvalue weighted by molar-refractivity contribution is 0.550. The van der Waals surface area contributed by atoms with E-state index in [1.165, 1.54) is 0 Å².